The number of hydrogen-bond acceptors (Lipinski definition) is 1. The molecule has 5 heteroatoms. The first kappa shape index (κ1) is 5.02. The van der Waals surface area contributed by atoms with Gasteiger partial charge in [-0.2, -0.15) is 8.78 Å². The Balaban J connectivity index is 3.41. The number of aromatic amines is 2. The molecule has 44 valence electrons. The molecule has 0 fully saturated rings. The van der Waals surface area contributed by atoms with Crippen LogP contribution in [0.1, 0.15) is 0 Å². The second-order valence-electron chi connectivity index (χ2n) is 1.21. The molecule has 0 saturated heterocycles. The molecule has 1 aromatic rings. The molecule has 3 nitrogen and oxygen atoms in total. The van der Waals surface area contributed by atoms with Crippen LogP contribution in [0.5, 0.6) is 0 Å². The van der Waals surface area contributed by atoms with Crippen molar-refractivity contribution in [2.45, 2.75) is 0 Å². The second-order valence-corrected chi connectivity index (χ2v) is 1.21. The molecule has 2 N–H and O–H groups in total. The molecular formula is C3H2F2N2O. The highest BCUT2D eigenvalue weighted by molar-refractivity contribution is 4.85. The number of rotatable bonds is 0. The van der Waals surface area contributed by atoms with Crippen LogP contribution >= 0.6 is 0 Å². The average molecular weight is 120 g/mol. The summed E-state index contributed by atoms with van der Waals surface area (Å²) in [7, 11) is 0. The molecule has 0 atom stereocenters. The third kappa shape index (κ3) is 0.518. The predicted molar refractivity (Wildman–Crippen MR) is 21.3 cm³/mol. The third-order valence-electron chi connectivity index (χ3n) is 0.678. The fourth-order valence-electron chi connectivity index (χ4n) is 0.321. The van der Waals surface area contributed by atoms with Crippen molar-refractivity contribution in [3.05, 3.63) is 22.1 Å². The van der Waals surface area contributed by atoms with Gasteiger partial charge in [0.1, 0.15) is 0 Å². The molecule has 8 heavy (non-hydrogen) atoms. The minimum Gasteiger partial charge on any atom is -0.271 e. The van der Waals surface area contributed by atoms with Gasteiger partial charge in [0.15, 0.2) is 0 Å². The van der Waals surface area contributed by atoms with E-state index in [4.69, 9.17) is 0 Å². The first-order chi connectivity index (χ1) is 3.72. The van der Waals surface area contributed by atoms with Gasteiger partial charge in [0.25, 0.3) is 0 Å². The van der Waals surface area contributed by atoms with Gasteiger partial charge in [-0.15, -0.1) is 0 Å². The third-order valence-corrected chi connectivity index (χ3v) is 0.678. The van der Waals surface area contributed by atoms with Crippen molar-refractivity contribution in [1.29, 1.82) is 0 Å². The zero-order chi connectivity index (χ0) is 6.15. The molecule has 1 rings (SSSR count). The highest BCUT2D eigenvalue weighted by atomic mass is 19.2. The minimum atomic E-state index is -1.40. The lowest BCUT2D eigenvalue weighted by atomic mass is 10.7. The van der Waals surface area contributed by atoms with Crippen molar-refractivity contribution in [1.82, 2.24) is 10.2 Å². The molecular weight excluding hydrogens is 118 g/mol. The summed E-state index contributed by atoms with van der Waals surface area (Å²) in [6.07, 6.45) is 0. The minimum absolute atomic E-state index is 1.07. The van der Waals surface area contributed by atoms with Crippen LogP contribution in [0.25, 0.3) is 0 Å². The van der Waals surface area contributed by atoms with Crippen molar-refractivity contribution in [2.24, 2.45) is 0 Å². The van der Waals surface area contributed by atoms with Crippen LogP contribution in [-0.4, -0.2) is 10.2 Å². The first-order valence-corrected chi connectivity index (χ1v) is 1.83. The van der Waals surface area contributed by atoms with Crippen LogP contribution in [-0.2, 0) is 0 Å². The van der Waals surface area contributed by atoms with Crippen LogP contribution in [0, 0.1) is 11.8 Å². The zero-order valence-corrected chi connectivity index (χ0v) is 3.66. The van der Waals surface area contributed by atoms with Gasteiger partial charge < -0.3 is 0 Å². The van der Waals surface area contributed by atoms with Crippen LogP contribution in [0.2, 0.25) is 0 Å². The predicted octanol–water partition coefficient (Wildman–Crippen LogP) is -0.0188. The van der Waals surface area contributed by atoms with Gasteiger partial charge in [-0.3, -0.25) is 15.0 Å². The maximum atomic E-state index is 11.7. The highest BCUT2D eigenvalue weighted by Gasteiger charge is 2.05. The SMILES string of the molecule is O=c1[nH][nH]c(F)c1F. The Kier molecular flexibility index (Phi) is 0.896. The van der Waals surface area contributed by atoms with E-state index in [1.54, 1.807) is 10.2 Å². The molecule has 0 spiro atoms. The van der Waals surface area contributed by atoms with Crippen molar-refractivity contribution < 1.29 is 8.78 Å². The fourth-order valence-corrected chi connectivity index (χ4v) is 0.321. The molecule has 1 heterocycles. The standard InChI is InChI=1S/C3H2F2N2O/c4-1-2(5)6-7-3(1)8/h(H2,6,7,8). The molecule has 0 radical (unpaired) electrons. The van der Waals surface area contributed by atoms with Gasteiger partial charge in [0.05, 0.1) is 0 Å². The summed E-state index contributed by atoms with van der Waals surface area (Å²) in [5.74, 6) is -2.65. The largest absolute Gasteiger partial charge is 0.303 e. The lowest BCUT2D eigenvalue weighted by Gasteiger charge is -1.69. The number of nitrogens with one attached hydrogen (secondary N) is 2. The first-order valence-electron chi connectivity index (χ1n) is 1.83. The molecule has 0 amide bonds. The summed E-state index contributed by atoms with van der Waals surface area (Å²) < 4.78 is 23.4. The van der Waals surface area contributed by atoms with E-state index in [-0.39, 0.29) is 0 Å². The van der Waals surface area contributed by atoms with Gasteiger partial charge in [-0.1, -0.05) is 0 Å². The number of halogens is 2. The molecule has 0 aliphatic rings. The Morgan fingerprint density at radius 3 is 2.00 bits per heavy atom. The van der Waals surface area contributed by atoms with E-state index in [2.05, 4.69) is 0 Å². The number of aromatic nitrogens is 2. The Labute approximate surface area is 42.3 Å². The monoisotopic (exact) mass is 120 g/mol. The van der Waals surface area contributed by atoms with Crippen molar-refractivity contribution in [3.63, 3.8) is 0 Å². The van der Waals surface area contributed by atoms with Crippen molar-refractivity contribution in [2.75, 3.05) is 0 Å². The molecule has 0 aliphatic heterocycles. The lowest BCUT2D eigenvalue weighted by molar-refractivity contribution is 0.487. The smallest absolute Gasteiger partial charge is 0.271 e. The summed E-state index contributed by atoms with van der Waals surface area (Å²) >= 11 is 0. The zero-order valence-electron chi connectivity index (χ0n) is 3.66. The summed E-state index contributed by atoms with van der Waals surface area (Å²) in [6, 6.07) is 0. The summed E-state index contributed by atoms with van der Waals surface area (Å²) in [6.45, 7) is 0. The van der Waals surface area contributed by atoms with Gasteiger partial charge >= 0.3 is 5.56 Å². The molecule has 1 aromatic heterocycles. The summed E-state index contributed by atoms with van der Waals surface area (Å²) in [5, 5.41) is 3.36. The van der Waals surface area contributed by atoms with Gasteiger partial charge in [0, 0.05) is 0 Å². The van der Waals surface area contributed by atoms with Crippen LogP contribution in [0.4, 0.5) is 8.78 Å². The molecule has 0 unspecified atom stereocenters. The van der Waals surface area contributed by atoms with E-state index in [1.807, 2.05) is 0 Å². The number of H-pyrrole nitrogens is 2. The highest BCUT2D eigenvalue weighted by Crippen LogP contribution is 1.89. The number of hydrogen-bond donors (Lipinski definition) is 2. The maximum Gasteiger partial charge on any atom is 0.303 e. The Hall–Kier alpha value is -1.13. The maximum absolute atomic E-state index is 11.7. The topological polar surface area (TPSA) is 48.6 Å². The van der Waals surface area contributed by atoms with E-state index >= 15 is 0 Å². The Bertz CT molecular complexity index is 238. The normalized spacial score (nSPS) is 9.75. The van der Waals surface area contributed by atoms with Crippen LogP contribution in [0.15, 0.2) is 4.79 Å². The van der Waals surface area contributed by atoms with E-state index in [0.717, 1.165) is 0 Å². The molecule has 0 bridgehead atoms. The fraction of sp³-hybridized carbons (Fsp3) is 0. The van der Waals surface area contributed by atoms with E-state index in [1.165, 1.54) is 0 Å². The van der Waals surface area contributed by atoms with Gasteiger partial charge in [0.2, 0.25) is 11.8 Å². The van der Waals surface area contributed by atoms with Gasteiger partial charge in [-0.25, -0.2) is 0 Å². The van der Waals surface area contributed by atoms with Crippen LogP contribution in [0.3, 0.4) is 0 Å². The molecule has 0 aliphatic carbocycles. The second kappa shape index (κ2) is 1.43. The van der Waals surface area contributed by atoms with E-state index in [9.17, 15) is 13.6 Å². The van der Waals surface area contributed by atoms with Crippen molar-refractivity contribution >= 4 is 0 Å². The average Bonchev–Trinajstić information content (AvgIpc) is 1.98. The summed E-state index contributed by atoms with van der Waals surface area (Å²) in [5.41, 5.74) is -1.07. The van der Waals surface area contributed by atoms with E-state index < -0.39 is 17.3 Å². The van der Waals surface area contributed by atoms with Crippen molar-refractivity contribution in [3.8, 4) is 0 Å². The van der Waals surface area contributed by atoms with Crippen LogP contribution < -0.4 is 5.56 Å². The Morgan fingerprint density at radius 2 is 1.88 bits per heavy atom. The Morgan fingerprint density at radius 1 is 1.25 bits per heavy atom. The van der Waals surface area contributed by atoms with Gasteiger partial charge in [-0.05, 0) is 0 Å². The van der Waals surface area contributed by atoms with E-state index in [0.29, 0.717) is 0 Å². The molecule has 0 aromatic carbocycles. The molecule has 0 saturated carbocycles. The summed E-state index contributed by atoms with van der Waals surface area (Å²) in [4.78, 5) is 9.94. The quantitative estimate of drug-likeness (QED) is 0.496. The lowest BCUT2D eigenvalue weighted by Crippen LogP contribution is -2.02.